The normalized spacial score (nSPS) is 17.9. The van der Waals surface area contributed by atoms with E-state index in [4.69, 9.17) is 5.73 Å². The number of carbonyl (C=O) groups is 1. The minimum absolute atomic E-state index is 0.0502. The van der Waals surface area contributed by atoms with Crippen LogP contribution >= 0.6 is 0 Å². The number of amides is 1. The molecule has 1 aliphatic rings. The number of hydrogen-bond donors (Lipinski definition) is 2. The molecular formula is C16H32N2O. The molecule has 0 radical (unpaired) electrons. The molecule has 19 heavy (non-hydrogen) atoms. The van der Waals surface area contributed by atoms with Gasteiger partial charge in [-0.05, 0) is 44.6 Å². The van der Waals surface area contributed by atoms with Crippen molar-refractivity contribution in [3.63, 3.8) is 0 Å². The quantitative estimate of drug-likeness (QED) is 0.631. The van der Waals surface area contributed by atoms with Crippen molar-refractivity contribution in [2.24, 2.45) is 17.1 Å². The van der Waals surface area contributed by atoms with Gasteiger partial charge >= 0.3 is 0 Å². The third kappa shape index (κ3) is 5.52. The Bertz CT molecular complexity index is 257. The number of rotatable bonds is 9. The number of carbonyl (C=O) groups excluding carboxylic acids is 1. The van der Waals surface area contributed by atoms with Gasteiger partial charge in [0, 0.05) is 12.0 Å². The van der Waals surface area contributed by atoms with Crippen LogP contribution in [-0.2, 0) is 4.79 Å². The minimum Gasteiger partial charge on any atom is -0.356 e. The predicted octanol–water partition coefficient (Wildman–Crippen LogP) is 3.23. The van der Waals surface area contributed by atoms with E-state index < -0.39 is 0 Å². The van der Waals surface area contributed by atoms with E-state index in [1.165, 1.54) is 25.7 Å². The van der Waals surface area contributed by atoms with Gasteiger partial charge in [-0.15, -0.1) is 0 Å². The summed E-state index contributed by atoms with van der Waals surface area (Å²) in [6.45, 7) is 6.06. The molecular weight excluding hydrogens is 236 g/mol. The Kier molecular flexibility index (Phi) is 7.44. The zero-order valence-electron chi connectivity index (χ0n) is 12.8. The van der Waals surface area contributed by atoms with Crippen LogP contribution in [0.3, 0.4) is 0 Å². The lowest BCUT2D eigenvalue weighted by atomic mass is 9.77. The molecule has 112 valence electrons. The first-order valence-corrected chi connectivity index (χ1v) is 8.09. The molecule has 0 atom stereocenters. The molecule has 3 heteroatoms. The van der Waals surface area contributed by atoms with Gasteiger partial charge in [-0.2, -0.15) is 0 Å². The SMILES string of the molecule is CC(C)CC1(C(=O)NCCCCCCN)CCCC1. The standard InChI is InChI=1S/C16H32N2O/c1-14(2)13-16(9-5-6-10-16)15(19)18-12-8-4-3-7-11-17/h14H,3-13,17H2,1-2H3,(H,18,19). The molecule has 0 unspecified atom stereocenters. The van der Waals surface area contributed by atoms with Gasteiger partial charge in [0.05, 0.1) is 0 Å². The van der Waals surface area contributed by atoms with E-state index in [1.807, 2.05) is 0 Å². The highest BCUT2D eigenvalue weighted by Gasteiger charge is 2.40. The Balaban J connectivity index is 2.29. The molecule has 3 nitrogen and oxygen atoms in total. The molecule has 1 amide bonds. The monoisotopic (exact) mass is 268 g/mol. The van der Waals surface area contributed by atoms with Crippen LogP contribution in [-0.4, -0.2) is 19.0 Å². The molecule has 1 rings (SSSR count). The van der Waals surface area contributed by atoms with Gasteiger partial charge in [0.2, 0.25) is 5.91 Å². The van der Waals surface area contributed by atoms with E-state index in [1.54, 1.807) is 0 Å². The number of unbranched alkanes of at least 4 members (excludes halogenated alkanes) is 3. The van der Waals surface area contributed by atoms with Crippen LogP contribution in [0.2, 0.25) is 0 Å². The first-order valence-electron chi connectivity index (χ1n) is 8.09. The Morgan fingerprint density at radius 3 is 2.37 bits per heavy atom. The molecule has 3 N–H and O–H groups in total. The van der Waals surface area contributed by atoms with Gasteiger partial charge in [0.25, 0.3) is 0 Å². The summed E-state index contributed by atoms with van der Waals surface area (Å²) in [6.07, 6.45) is 10.2. The Morgan fingerprint density at radius 2 is 1.79 bits per heavy atom. The highest BCUT2D eigenvalue weighted by molar-refractivity contribution is 5.82. The maximum atomic E-state index is 12.5. The van der Waals surface area contributed by atoms with E-state index in [9.17, 15) is 4.79 Å². The lowest BCUT2D eigenvalue weighted by Crippen LogP contribution is -2.40. The topological polar surface area (TPSA) is 55.1 Å². The van der Waals surface area contributed by atoms with Crippen molar-refractivity contribution in [2.75, 3.05) is 13.1 Å². The summed E-state index contributed by atoms with van der Waals surface area (Å²) in [5, 5.41) is 3.18. The molecule has 1 aliphatic carbocycles. The smallest absolute Gasteiger partial charge is 0.226 e. The maximum absolute atomic E-state index is 12.5. The Labute approximate surface area is 118 Å². The maximum Gasteiger partial charge on any atom is 0.226 e. The summed E-state index contributed by atoms with van der Waals surface area (Å²) < 4.78 is 0. The van der Waals surface area contributed by atoms with Gasteiger partial charge < -0.3 is 11.1 Å². The van der Waals surface area contributed by atoms with Crippen LogP contribution in [0.25, 0.3) is 0 Å². The van der Waals surface area contributed by atoms with Crippen LogP contribution in [0.5, 0.6) is 0 Å². The van der Waals surface area contributed by atoms with E-state index in [2.05, 4.69) is 19.2 Å². The molecule has 1 fully saturated rings. The zero-order valence-corrected chi connectivity index (χ0v) is 12.8. The third-order valence-corrected chi connectivity index (χ3v) is 4.26. The second-order valence-corrected chi connectivity index (χ2v) is 6.54. The first kappa shape index (κ1) is 16.5. The van der Waals surface area contributed by atoms with Crippen LogP contribution in [0, 0.1) is 11.3 Å². The predicted molar refractivity (Wildman–Crippen MR) is 80.9 cm³/mol. The fourth-order valence-corrected chi connectivity index (χ4v) is 3.37. The van der Waals surface area contributed by atoms with Crippen molar-refractivity contribution < 1.29 is 4.79 Å². The van der Waals surface area contributed by atoms with E-state index >= 15 is 0 Å². The lowest BCUT2D eigenvalue weighted by Gasteiger charge is -2.29. The largest absolute Gasteiger partial charge is 0.356 e. The highest BCUT2D eigenvalue weighted by Crippen LogP contribution is 2.43. The summed E-state index contributed by atoms with van der Waals surface area (Å²) in [6, 6.07) is 0. The average molecular weight is 268 g/mol. The summed E-state index contributed by atoms with van der Waals surface area (Å²) in [5.74, 6) is 0.922. The van der Waals surface area contributed by atoms with E-state index in [0.29, 0.717) is 11.8 Å². The van der Waals surface area contributed by atoms with E-state index in [0.717, 1.165) is 45.2 Å². The molecule has 0 aromatic rings. The van der Waals surface area contributed by atoms with Gasteiger partial charge in [-0.1, -0.05) is 39.5 Å². The van der Waals surface area contributed by atoms with Crippen molar-refractivity contribution in [2.45, 2.75) is 71.6 Å². The van der Waals surface area contributed by atoms with Gasteiger partial charge in [0.15, 0.2) is 0 Å². The van der Waals surface area contributed by atoms with Crippen molar-refractivity contribution >= 4 is 5.91 Å². The zero-order chi connectivity index (χ0) is 14.1. The van der Waals surface area contributed by atoms with Gasteiger partial charge in [-0.25, -0.2) is 0 Å². The number of nitrogens with one attached hydrogen (secondary N) is 1. The van der Waals surface area contributed by atoms with Crippen LogP contribution in [0.1, 0.15) is 71.6 Å². The molecule has 0 aromatic heterocycles. The van der Waals surface area contributed by atoms with Crippen LogP contribution in [0.15, 0.2) is 0 Å². The molecule has 0 spiro atoms. The molecule has 0 heterocycles. The van der Waals surface area contributed by atoms with Gasteiger partial charge in [-0.3, -0.25) is 4.79 Å². The lowest BCUT2D eigenvalue weighted by molar-refractivity contribution is -0.131. The van der Waals surface area contributed by atoms with Crippen molar-refractivity contribution in [3.05, 3.63) is 0 Å². The third-order valence-electron chi connectivity index (χ3n) is 4.26. The fourth-order valence-electron chi connectivity index (χ4n) is 3.37. The summed E-state index contributed by atoms with van der Waals surface area (Å²) in [7, 11) is 0. The first-order chi connectivity index (χ1) is 9.10. The van der Waals surface area contributed by atoms with Gasteiger partial charge in [0.1, 0.15) is 0 Å². The summed E-state index contributed by atoms with van der Waals surface area (Å²) in [4.78, 5) is 12.5. The second kappa shape index (κ2) is 8.57. The van der Waals surface area contributed by atoms with Crippen molar-refractivity contribution in [3.8, 4) is 0 Å². The van der Waals surface area contributed by atoms with E-state index in [-0.39, 0.29) is 5.41 Å². The number of hydrogen-bond acceptors (Lipinski definition) is 2. The summed E-state index contributed by atoms with van der Waals surface area (Å²) in [5.41, 5.74) is 5.42. The molecule has 0 saturated heterocycles. The highest BCUT2D eigenvalue weighted by atomic mass is 16.2. The molecule has 0 bridgehead atoms. The van der Waals surface area contributed by atoms with Crippen molar-refractivity contribution in [1.29, 1.82) is 0 Å². The minimum atomic E-state index is -0.0502. The Hall–Kier alpha value is -0.570. The second-order valence-electron chi connectivity index (χ2n) is 6.54. The van der Waals surface area contributed by atoms with Crippen LogP contribution in [0.4, 0.5) is 0 Å². The fraction of sp³-hybridized carbons (Fsp3) is 0.938. The summed E-state index contributed by atoms with van der Waals surface area (Å²) >= 11 is 0. The average Bonchev–Trinajstić information content (AvgIpc) is 2.82. The van der Waals surface area contributed by atoms with Crippen LogP contribution < -0.4 is 11.1 Å². The Morgan fingerprint density at radius 1 is 1.16 bits per heavy atom. The molecule has 0 aromatic carbocycles. The molecule has 0 aliphatic heterocycles. The molecule has 1 saturated carbocycles. The van der Waals surface area contributed by atoms with Crippen molar-refractivity contribution in [1.82, 2.24) is 5.32 Å². The number of nitrogens with two attached hydrogens (primary N) is 1.